The first-order valence-electron chi connectivity index (χ1n) is 6.26. The SMILES string of the molecule is O=C(O)C(C1CC1)N1CCCCCCC1. The van der Waals surface area contributed by atoms with E-state index in [1.807, 2.05) is 0 Å². The summed E-state index contributed by atoms with van der Waals surface area (Å²) in [6, 6.07) is -0.178. The van der Waals surface area contributed by atoms with Crippen LogP contribution in [0.5, 0.6) is 0 Å². The Hall–Kier alpha value is -0.570. The predicted molar refractivity (Wildman–Crippen MR) is 58.8 cm³/mol. The third kappa shape index (κ3) is 2.94. The van der Waals surface area contributed by atoms with Crippen molar-refractivity contribution < 1.29 is 9.90 Å². The third-order valence-corrected chi connectivity index (χ3v) is 3.61. The van der Waals surface area contributed by atoms with E-state index >= 15 is 0 Å². The van der Waals surface area contributed by atoms with Crippen LogP contribution >= 0.6 is 0 Å². The van der Waals surface area contributed by atoms with Crippen LogP contribution in [0.1, 0.15) is 44.9 Å². The van der Waals surface area contributed by atoms with Gasteiger partial charge >= 0.3 is 5.97 Å². The van der Waals surface area contributed by atoms with Gasteiger partial charge < -0.3 is 5.11 Å². The number of carbonyl (C=O) groups is 1. The van der Waals surface area contributed by atoms with Gasteiger partial charge in [0.05, 0.1) is 0 Å². The number of hydrogen-bond acceptors (Lipinski definition) is 2. The molecular formula is C12H21NO2. The van der Waals surface area contributed by atoms with Crippen molar-refractivity contribution in [3.8, 4) is 0 Å². The fourth-order valence-corrected chi connectivity index (χ4v) is 2.62. The van der Waals surface area contributed by atoms with Gasteiger partial charge in [-0.15, -0.1) is 0 Å². The minimum Gasteiger partial charge on any atom is -0.480 e. The van der Waals surface area contributed by atoms with Crippen molar-refractivity contribution >= 4 is 5.97 Å². The summed E-state index contributed by atoms with van der Waals surface area (Å²) in [4.78, 5) is 13.5. The average molecular weight is 211 g/mol. The van der Waals surface area contributed by atoms with Crippen LogP contribution < -0.4 is 0 Å². The largest absolute Gasteiger partial charge is 0.480 e. The molecule has 1 atom stereocenters. The number of rotatable bonds is 3. The molecule has 1 aliphatic heterocycles. The molecule has 1 aliphatic carbocycles. The molecule has 0 bridgehead atoms. The third-order valence-electron chi connectivity index (χ3n) is 3.61. The highest BCUT2D eigenvalue weighted by atomic mass is 16.4. The minimum atomic E-state index is -0.599. The van der Waals surface area contributed by atoms with E-state index in [1.165, 1.54) is 32.1 Å². The molecule has 86 valence electrons. The van der Waals surface area contributed by atoms with Crippen molar-refractivity contribution in [2.45, 2.75) is 51.0 Å². The van der Waals surface area contributed by atoms with Gasteiger partial charge in [0.1, 0.15) is 6.04 Å². The number of carboxylic acids is 1. The van der Waals surface area contributed by atoms with Crippen molar-refractivity contribution in [1.82, 2.24) is 4.90 Å². The summed E-state index contributed by atoms with van der Waals surface area (Å²) < 4.78 is 0. The highest BCUT2D eigenvalue weighted by Crippen LogP contribution is 2.36. The Bertz CT molecular complexity index is 218. The first-order chi connectivity index (χ1) is 7.29. The molecule has 0 spiro atoms. The molecule has 1 unspecified atom stereocenters. The zero-order chi connectivity index (χ0) is 10.7. The highest BCUT2D eigenvalue weighted by Gasteiger charge is 2.39. The Balaban J connectivity index is 1.94. The zero-order valence-corrected chi connectivity index (χ0v) is 9.32. The lowest BCUT2D eigenvalue weighted by atomic mass is 10.0. The van der Waals surface area contributed by atoms with E-state index < -0.39 is 5.97 Å². The normalized spacial score (nSPS) is 26.7. The molecular weight excluding hydrogens is 190 g/mol. The molecule has 3 heteroatoms. The van der Waals surface area contributed by atoms with Gasteiger partial charge in [-0.1, -0.05) is 19.3 Å². The van der Waals surface area contributed by atoms with Crippen molar-refractivity contribution in [3.05, 3.63) is 0 Å². The number of hydrogen-bond donors (Lipinski definition) is 1. The Morgan fingerprint density at radius 3 is 2.07 bits per heavy atom. The maximum atomic E-state index is 11.2. The van der Waals surface area contributed by atoms with Gasteiger partial charge in [-0.2, -0.15) is 0 Å². The van der Waals surface area contributed by atoms with Gasteiger partial charge in [0.2, 0.25) is 0 Å². The van der Waals surface area contributed by atoms with E-state index in [1.54, 1.807) is 0 Å². The van der Waals surface area contributed by atoms with E-state index in [2.05, 4.69) is 4.90 Å². The summed E-state index contributed by atoms with van der Waals surface area (Å²) in [7, 11) is 0. The molecule has 2 rings (SSSR count). The van der Waals surface area contributed by atoms with Gasteiger partial charge in [0, 0.05) is 0 Å². The molecule has 0 radical (unpaired) electrons. The maximum Gasteiger partial charge on any atom is 0.321 e. The quantitative estimate of drug-likeness (QED) is 0.777. The summed E-state index contributed by atoms with van der Waals surface area (Å²) in [5.74, 6) is -0.153. The lowest BCUT2D eigenvalue weighted by molar-refractivity contribution is -0.144. The second kappa shape index (κ2) is 4.97. The smallest absolute Gasteiger partial charge is 0.321 e. The first kappa shape index (κ1) is 10.9. The minimum absolute atomic E-state index is 0.178. The van der Waals surface area contributed by atoms with E-state index in [9.17, 15) is 9.90 Å². The van der Waals surface area contributed by atoms with Crippen molar-refractivity contribution in [2.75, 3.05) is 13.1 Å². The standard InChI is InChI=1S/C12H21NO2/c14-12(15)11(10-6-7-10)13-8-4-2-1-3-5-9-13/h10-11H,1-9H2,(H,14,15). The molecule has 3 nitrogen and oxygen atoms in total. The molecule has 1 saturated carbocycles. The van der Waals surface area contributed by atoms with E-state index in [4.69, 9.17) is 0 Å². The Morgan fingerprint density at radius 1 is 1.07 bits per heavy atom. The van der Waals surface area contributed by atoms with E-state index in [0.717, 1.165) is 25.9 Å². The lowest BCUT2D eigenvalue weighted by Crippen LogP contribution is -2.44. The summed E-state index contributed by atoms with van der Waals surface area (Å²) in [5, 5.41) is 9.26. The molecule has 1 heterocycles. The number of likely N-dealkylation sites (tertiary alicyclic amines) is 1. The predicted octanol–water partition coefficient (Wildman–Crippen LogP) is 2.12. The zero-order valence-electron chi connectivity index (χ0n) is 9.32. The second-order valence-corrected chi connectivity index (χ2v) is 4.92. The fraction of sp³-hybridized carbons (Fsp3) is 0.917. The van der Waals surface area contributed by atoms with Gasteiger partial charge in [0.15, 0.2) is 0 Å². The monoisotopic (exact) mass is 211 g/mol. The first-order valence-corrected chi connectivity index (χ1v) is 6.26. The summed E-state index contributed by atoms with van der Waals surface area (Å²) in [5.41, 5.74) is 0. The molecule has 0 aromatic carbocycles. The van der Waals surface area contributed by atoms with Crippen LogP contribution in [0.25, 0.3) is 0 Å². The van der Waals surface area contributed by atoms with E-state index in [-0.39, 0.29) is 6.04 Å². The number of nitrogens with zero attached hydrogens (tertiary/aromatic N) is 1. The van der Waals surface area contributed by atoms with Crippen LogP contribution in [0, 0.1) is 5.92 Å². The van der Waals surface area contributed by atoms with Gasteiger partial charge in [-0.05, 0) is 44.7 Å². The topological polar surface area (TPSA) is 40.5 Å². The number of carboxylic acid groups (broad SMARTS) is 1. The highest BCUT2D eigenvalue weighted by molar-refractivity contribution is 5.74. The van der Waals surface area contributed by atoms with Crippen molar-refractivity contribution in [2.24, 2.45) is 5.92 Å². The Morgan fingerprint density at radius 2 is 1.60 bits per heavy atom. The fourth-order valence-electron chi connectivity index (χ4n) is 2.62. The second-order valence-electron chi connectivity index (χ2n) is 4.92. The van der Waals surface area contributed by atoms with Crippen LogP contribution in [-0.2, 0) is 4.79 Å². The van der Waals surface area contributed by atoms with Gasteiger partial charge in [-0.25, -0.2) is 0 Å². The molecule has 15 heavy (non-hydrogen) atoms. The van der Waals surface area contributed by atoms with Crippen LogP contribution in [0.4, 0.5) is 0 Å². The molecule has 1 saturated heterocycles. The van der Waals surface area contributed by atoms with Crippen LogP contribution in [-0.4, -0.2) is 35.1 Å². The molecule has 0 aromatic rings. The van der Waals surface area contributed by atoms with Crippen LogP contribution in [0.3, 0.4) is 0 Å². The number of aliphatic carboxylic acids is 1. The average Bonchev–Trinajstić information content (AvgIpc) is 2.92. The molecule has 0 aromatic heterocycles. The Kier molecular flexibility index (Phi) is 3.62. The van der Waals surface area contributed by atoms with Crippen LogP contribution in [0.2, 0.25) is 0 Å². The lowest BCUT2D eigenvalue weighted by Gasteiger charge is -2.30. The van der Waals surface area contributed by atoms with Crippen molar-refractivity contribution in [3.63, 3.8) is 0 Å². The summed E-state index contributed by atoms with van der Waals surface area (Å²) in [6.45, 7) is 1.99. The van der Waals surface area contributed by atoms with Crippen molar-refractivity contribution in [1.29, 1.82) is 0 Å². The van der Waals surface area contributed by atoms with Gasteiger partial charge in [0.25, 0.3) is 0 Å². The summed E-state index contributed by atoms with van der Waals surface area (Å²) in [6.07, 6.45) is 8.46. The molecule has 1 N–H and O–H groups in total. The maximum absolute atomic E-state index is 11.2. The molecule has 2 aliphatic rings. The van der Waals surface area contributed by atoms with Crippen LogP contribution in [0.15, 0.2) is 0 Å². The van der Waals surface area contributed by atoms with Gasteiger partial charge in [-0.3, -0.25) is 9.69 Å². The Labute approximate surface area is 91.5 Å². The van der Waals surface area contributed by atoms with E-state index in [0.29, 0.717) is 5.92 Å². The molecule has 2 fully saturated rings. The molecule has 0 amide bonds. The summed E-state index contributed by atoms with van der Waals surface area (Å²) >= 11 is 0.